The summed E-state index contributed by atoms with van der Waals surface area (Å²) in [6.45, 7) is 0.709. The van der Waals surface area contributed by atoms with Crippen molar-refractivity contribution in [1.82, 2.24) is 5.32 Å². The lowest BCUT2D eigenvalue weighted by Crippen LogP contribution is -2.40. The molecule has 6 nitrogen and oxygen atoms in total. The maximum absolute atomic E-state index is 14.4. The van der Waals surface area contributed by atoms with E-state index in [0.29, 0.717) is 30.7 Å². The van der Waals surface area contributed by atoms with Crippen molar-refractivity contribution in [3.8, 4) is 0 Å². The van der Waals surface area contributed by atoms with E-state index in [1.807, 2.05) is 18.2 Å². The highest BCUT2D eigenvalue weighted by Crippen LogP contribution is 2.30. The van der Waals surface area contributed by atoms with E-state index < -0.39 is 11.8 Å². The fraction of sp³-hybridized carbons (Fsp3) is 0.391. The smallest absolute Gasteiger partial charge is 0.329 e. The second kappa shape index (κ2) is 10.7. The van der Waals surface area contributed by atoms with Gasteiger partial charge in [-0.2, -0.15) is 0 Å². The van der Waals surface area contributed by atoms with Crippen molar-refractivity contribution in [2.24, 2.45) is 11.8 Å². The van der Waals surface area contributed by atoms with Crippen LogP contribution in [0.3, 0.4) is 0 Å². The standard InChI is InChI=1S/C23H27FN2O4/c24-20-8-4-5-9-21(20)26(19-6-2-1-3-7-19)23(29)25-14-17-10-12-18(13-11-17)15-30-16-22(27)28/h1-9,17-18H,10-16H2,(H,25,29)(H,27,28). The molecule has 2 aromatic carbocycles. The Hall–Kier alpha value is -2.93. The number of carbonyl (C=O) groups excluding carboxylic acids is 1. The molecule has 2 aromatic rings. The number of amides is 2. The Balaban J connectivity index is 1.56. The van der Waals surface area contributed by atoms with Crippen molar-refractivity contribution in [3.05, 3.63) is 60.4 Å². The summed E-state index contributed by atoms with van der Waals surface area (Å²) in [7, 11) is 0. The summed E-state index contributed by atoms with van der Waals surface area (Å²) in [5.41, 5.74) is 0.805. The minimum Gasteiger partial charge on any atom is -0.480 e. The van der Waals surface area contributed by atoms with Gasteiger partial charge in [0, 0.05) is 6.54 Å². The van der Waals surface area contributed by atoms with Crippen LogP contribution >= 0.6 is 0 Å². The van der Waals surface area contributed by atoms with Crippen molar-refractivity contribution in [1.29, 1.82) is 0 Å². The van der Waals surface area contributed by atoms with Crippen LogP contribution in [0, 0.1) is 17.7 Å². The molecule has 7 heteroatoms. The van der Waals surface area contributed by atoms with Crippen molar-refractivity contribution in [2.45, 2.75) is 25.7 Å². The van der Waals surface area contributed by atoms with Crippen LogP contribution in [0.2, 0.25) is 0 Å². The molecule has 30 heavy (non-hydrogen) atoms. The van der Waals surface area contributed by atoms with Gasteiger partial charge in [-0.05, 0) is 61.8 Å². The Morgan fingerprint density at radius 1 is 1.00 bits per heavy atom. The average Bonchev–Trinajstić information content (AvgIpc) is 2.75. The molecule has 0 aliphatic heterocycles. The van der Waals surface area contributed by atoms with Gasteiger partial charge in [0.05, 0.1) is 18.0 Å². The minimum atomic E-state index is -0.954. The number of ether oxygens (including phenoxy) is 1. The first kappa shape index (κ1) is 21.8. The molecule has 3 rings (SSSR count). The van der Waals surface area contributed by atoms with Gasteiger partial charge < -0.3 is 15.2 Å². The molecule has 0 unspecified atom stereocenters. The third-order valence-corrected chi connectivity index (χ3v) is 5.40. The van der Waals surface area contributed by atoms with Crippen LogP contribution in [-0.2, 0) is 9.53 Å². The summed E-state index contributed by atoms with van der Waals surface area (Å²) in [4.78, 5) is 24.9. The number of carboxylic acids is 1. The van der Waals surface area contributed by atoms with Crippen LogP contribution in [0.5, 0.6) is 0 Å². The van der Waals surface area contributed by atoms with E-state index in [0.717, 1.165) is 25.7 Å². The molecule has 1 aliphatic rings. The fourth-order valence-electron chi connectivity index (χ4n) is 3.80. The number of nitrogens with one attached hydrogen (secondary N) is 1. The van der Waals surface area contributed by atoms with Crippen LogP contribution in [0.15, 0.2) is 54.6 Å². The van der Waals surface area contributed by atoms with Crippen LogP contribution in [0.25, 0.3) is 0 Å². The van der Waals surface area contributed by atoms with Crippen LogP contribution in [0.4, 0.5) is 20.6 Å². The van der Waals surface area contributed by atoms with Crippen molar-refractivity contribution >= 4 is 23.4 Å². The number of hydrogen-bond donors (Lipinski definition) is 2. The molecule has 1 saturated carbocycles. The lowest BCUT2D eigenvalue weighted by molar-refractivity contribution is -0.142. The Morgan fingerprint density at radius 3 is 2.30 bits per heavy atom. The van der Waals surface area contributed by atoms with E-state index >= 15 is 0 Å². The summed E-state index contributed by atoms with van der Waals surface area (Å²) in [5.74, 6) is -0.721. The van der Waals surface area contributed by atoms with Gasteiger partial charge in [0.1, 0.15) is 12.4 Å². The molecule has 0 bridgehead atoms. The molecule has 2 amide bonds. The molecule has 0 saturated heterocycles. The second-order valence-electron chi connectivity index (χ2n) is 7.60. The molecule has 2 N–H and O–H groups in total. The third kappa shape index (κ3) is 6.03. The number of benzene rings is 2. The van der Waals surface area contributed by atoms with E-state index in [1.54, 1.807) is 30.3 Å². The molecule has 0 spiro atoms. The topological polar surface area (TPSA) is 78.9 Å². The quantitative estimate of drug-likeness (QED) is 0.663. The number of carboxylic acid groups (broad SMARTS) is 1. The molecular formula is C23H27FN2O4. The Kier molecular flexibility index (Phi) is 7.79. The van der Waals surface area contributed by atoms with E-state index in [1.165, 1.54) is 11.0 Å². The first-order valence-corrected chi connectivity index (χ1v) is 10.2. The number of anilines is 2. The predicted molar refractivity (Wildman–Crippen MR) is 112 cm³/mol. The van der Waals surface area contributed by atoms with Crippen LogP contribution in [0.1, 0.15) is 25.7 Å². The van der Waals surface area contributed by atoms with Gasteiger partial charge in [-0.1, -0.05) is 30.3 Å². The zero-order chi connectivity index (χ0) is 21.3. The van der Waals surface area contributed by atoms with E-state index in [-0.39, 0.29) is 18.3 Å². The molecule has 0 radical (unpaired) electrons. The van der Waals surface area contributed by atoms with Gasteiger partial charge in [-0.3, -0.25) is 4.90 Å². The number of carbonyl (C=O) groups is 2. The number of halogens is 1. The van der Waals surface area contributed by atoms with Crippen LogP contribution in [-0.4, -0.2) is 36.9 Å². The Bertz CT molecular complexity index is 838. The van der Waals surface area contributed by atoms with Gasteiger partial charge in [0.2, 0.25) is 0 Å². The monoisotopic (exact) mass is 414 g/mol. The third-order valence-electron chi connectivity index (χ3n) is 5.40. The largest absolute Gasteiger partial charge is 0.480 e. The normalized spacial score (nSPS) is 18.6. The second-order valence-corrected chi connectivity index (χ2v) is 7.60. The van der Waals surface area contributed by atoms with Gasteiger partial charge in [-0.15, -0.1) is 0 Å². The van der Waals surface area contributed by atoms with Gasteiger partial charge in [0.25, 0.3) is 0 Å². The molecular weight excluding hydrogens is 387 g/mol. The fourth-order valence-corrected chi connectivity index (χ4v) is 3.80. The lowest BCUT2D eigenvalue weighted by atomic mass is 9.82. The molecule has 1 fully saturated rings. The Labute approximate surface area is 175 Å². The number of rotatable bonds is 8. The summed E-state index contributed by atoms with van der Waals surface area (Å²) in [6.07, 6.45) is 3.75. The summed E-state index contributed by atoms with van der Waals surface area (Å²) < 4.78 is 19.6. The summed E-state index contributed by atoms with van der Waals surface area (Å²) >= 11 is 0. The maximum Gasteiger partial charge on any atom is 0.329 e. The number of para-hydroxylation sites is 2. The number of nitrogens with zero attached hydrogens (tertiary/aromatic N) is 1. The number of hydrogen-bond acceptors (Lipinski definition) is 3. The van der Waals surface area contributed by atoms with E-state index in [2.05, 4.69) is 5.32 Å². The van der Waals surface area contributed by atoms with E-state index in [9.17, 15) is 14.0 Å². The zero-order valence-corrected chi connectivity index (χ0v) is 16.8. The van der Waals surface area contributed by atoms with Gasteiger partial charge >= 0.3 is 12.0 Å². The molecule has 1 aliphatic carbocycles. The minimum absolute atomic E-state index is 0.209. The maximum atomic E-state index is 14.4. The van der Waals surface area contributed by atoms with Gasteiger partial charge in [0.15, 0.2) is 0 Å². The SMILES string of the molecule is O=C(O)COCC1CCC(CNC(=O)N(c2ccccc2)c2ccccc2F)CC1. The Morgan fingerprint density at radius 2 is 1.63 bits per heavy atom. The summed E-state index contributed by atoms with van der Waals surface area (Å²) in [5, 5.41) is 11.6. The lowest BCUT2D eigenvalue weighted by Gasteiger charge is -2.29. The average molecular weight is 414 g/mol. The van der Waals surface area contributed by atoms with E-state index in [4.69, 9.17) is 9.84 Å². The number of urea groups is 1. The first-order chi connectivity index (χ1) is 14.5. The molecule has 0 aromatic heterocycles. The summed E-state index contributed by atoms with van der Waals surface area (Å²) in [6, 6.07) is 14.9. The number of aliphatic carboxylic acids is 1. The highest BCUT2D eigenvalue weighted by atomic mass is 19.1. The predicted octanol–water partition coefficient (Wildman–Crippen LogP) is 4.58. The van der Waals surface area contributed by atoms with Gasteiger partial charge in [-0.25, -0.2) is 14.0 Å². The zero-order valence-electron chi connectivity index (χ0n) is 16.8. The van der Waals surface area contributed by atoms with Crippen molar-refractivity contribution < 1.29 is 23.8 Å². The first-order valence-electron chi connectivity index (χ1n) is 10.2. The van der Waals surface area contributed by atoms with Crippen molar-refractivity contribution in [3.63, 3.8) is 0 Å². The highest BCUT2D eigenvalue weighted by molar-refractivity contribution is 5.99. The highest BCUT2D eigenvalue weighted by Gasteiger charge is 2.25. The van der Waals surface area contributed by atoms with Crippen LogP contribution < -0.4 is 10.2 Å². The molecule has 160 valence electrons. The molecule has 0 atom stereocenters. The van der Waals surface area contributed by atoms with Crippen molar-refractivity contribution in [2.75, 3.05) is 24.7 Å². The molecule has 0 heterocycles.